The molecule has 0 saturated carbocycles. The molecule has 0 fully saturated rings. The Kier molecular flexibility index (Phi) is 3.83. The number of halogens is 3. The van der Waals surface area contributed by atoms with Crippen LogP contribution in [-0.4, -0.2) is 14.5 Å². The monoisotopic (exact) mass is 319 g/mol. The molecule has 0 aliphatic heterocycles. The highest BCUT2D eigenvalue weighted by Crippen LogP contribution is 2.30. The van der Waals surface area contributed by atoms with Crippen molar-refractivity contribution < 1.29 is 13.2 Å². The Morgan fingerprint density at radius 2 is 1.91 bits per heavy atom. The summed E-state index contributed by atoms with van der Waals surface area (Å²) in [6, 6.07) is 9.15. The normalized spacial score (nSPS) is 12.3. The lowest BCUT2D eigenvalue weighted by Crippen LogP contribution is -2.09. The van der Waals surface area contributed by atoms with E-state index in [9.17, 15) is 13.2 Å². The van der Waals surface area contributed by atoms with Gasteiger partial charge in [-0.2, -0.15) is 13.2 Å². The molecule has 0 bridgehead atoms. The van der Waals surface area contributed by atoms with Crippen molar-refractivity contribution in [1.82, 2.24) is 14.5 Å². The van der Waals surface area contributed by atoms with E-state index in [-0.39, 0.29) is 6.04 Å². The zero-order valence-corrected chi connectivity index (χ0v) is 12.8. The van der Waals surface area contributed by atoms with Gasteiger partial charge in [0.1, 0.15) is 11.3 Å². The van der Waals surface area contributed by atoms with Gasteiger partial charge in [-0.05, 0) is 37.6 Å². The summed E-state index contributed by atoms with van der Waals surface area (Å²) in [4.78, 5) is 8.88. The van der Waals surface area contributed by atoms with Crippen LogP contribution in [0.3, 0.4) is 0 Å². The zero-order valence-electron chi connectivity index (χ0n) is 12.8. The molecule has 3 rings (SSSR count). The Morgan fingerprint density at radius 3 is 2.61 bits per heavy atom. The SMILES string of the molecule is CC(C)n1c(Cc2cccc(C(F)(F)F)c2)nc2cccnc21. The average molecular weight is 319 g/mol. The lowest BCUT2D eigenvalue weighted by molar-refractivity contribution is -0.137. The van der Waals surface area contributed by atoms with Crippen molar-refractivity contribution in [3.63, 3.8) is 0 Å². The maximum absolute atomic E-state index is 12.9. The second-order valence-corrected chi connectivity index (χ2v) is 5.71. The van der Waals surface area contributed by atoms with Gasteiger partial charge in [0.25, 0.3) is 0 Å². The Labute approximate surface area is 131 Å². The smallest absolute Gasteiger partial charge is 0.310 e. The van der Waals surface area contributed by atoms with Crippen LogP contribution in [0.4, 0.5) is 13.2 Å². The highest BCUT2D eigenvalue weighted by atomic mass is 19.4. The first-order chi connectivity index (χ1) is 10.9. The van der Waals surface area contributed by atoms with Crippen molar-refractivity contribution in [2.45, 2.75) is 32.5 Å². The molecule has 0 aliphatic rings. The first-order valence-electron chi connectivity index (χ1n) is 7.34. The summed E-state index contributed by atoms with van der Waals surface area (Å²) >= 11 is 0. The van der Waals surface area contributed by atoms with E-state index in [2.05, 4.69) is 9.97 Å². The predicted molar refractivity (Wildman–Crippen MR) is 82.2 cm³/mol. The topological polar surface area (TPSA) is 30.7 Å². The van der Waals surface area contributed by atoms with E-state index in [1.165, 1.54) is 12.1 Å². The minimum Gasteiger partial charge on any atom is -0.310 e. The molecule has 0 saturated heterocycles. The number of alkyl halides is 3. The van der Waals surface area contributed by atoms with Crippen LogP contribution in [-0.2, 0) is 12.6 Å². The van der Waals surface area contributed by atoms with E-state index >= 15 is 0 Å². The van der Waals surface area contributed by atoms with Gasteiger partial charge in [-0.15, -0.1) is 0 Å². The van der Waals surface area contributed by atoms with Gasteiger partial charge in [0.15, 0.2) is 5.65 Å². The summed E-state index contributed by atoms with van der Waals surface area (Å²) < 4.78 is 40.5. The number of benzene rings is 1. The lowest BCUT2D eigenvalue weighted by Gasteiger charge is -2.13. The molecule has 23 heavy (non-hydrogen) atoms. The van der Waals surface area contributed by atoms with Crippen LogP contribution >= 0.6 is 0 Å². The standard InChI is InChI=1S/C17H16F3N3/c1-11(2)23-15(22-14-7-4-8-21-16(14)23)10-12-5-3-6-13(9-12)17(18,19)20/h3-9,11H,10H2,1-2H3. The molecule has 0 atom stereocenters. The number of pyridine rings is 1. The van der Waals surface area contributed by atoms with Crippen molar-refractivity contribution in [2.24, 2.45) is 0 Å². The molecule has 0 unspecified atom stereocenters. The van der Waals surface area contributed by atoms with Crippen LogP contribution in [0.25, 0.3) is 11.2 Å². The van der Waals surface area contributed by atoms with Gasteiger partial charge < -0.3 is 4.57 Å². The van der Waals surface area contributed by atoms with Gasteiger partial charge in [0.05, 0.1) is 5.56 Å². The number of hydrogen-bond donors (Lipinski definition) is 0. The molecule has 6 heteroatoms. The third-order valence-corrected chi connectivity index (χ3v) is 3.65. The zero-order chi connectivity index (χ0) is 16.6. The molecule has 3 nitrogen and oxygen atoms in total. The fourth-order valence-electron chi connectivity index (χ4n) is 2.68. The Balaban J connectivity index is 2.03. The number of hydrogen-bond acceptors (Lipinski definition) is 2. The molecule has 120 valence electrons. The third kappa shape index (κ3) is 3.06. The molecule has 2 aromatic heterocycles. The van der Waals surface area contributed by atoms with Crippen LogP contribution in [0.2, 0.25) is 0 Å². The molecular formula is C17H16F3N3. The van der Waals surface area contributed by atoms with E-state index in [1.54, 1.807) is 18.3 Å². The Bertz CT molecular complexity index is 834. The van der Waals surface area contributed by atoms with Gasteiger partial charge in [-0.1, -0.05) is 18.2 Å². The summed E-state index contributed by atoms with van der Waals surface area (Å²) in [6.07, 6.45) is -2.31. The fourth-order valence-corrected chi connectivity index (χ4v) is 2.68. The van der Waals surface area contributed by atoms with Crippen molar-refractivity contribution in [1.29, 1.82) is 0 Å². The fraction of sp³-hybridized carbons (Fsp3) is 0.294. The molecule has 0 aliphatic carbocycles. The molecule has 0 amide bonds. The van der Waals surface area contributed by atoms with Crippen LogP contribution in [0.5, 0.6) is 0 Å². The van der Waals surface area contributed by atoms with Crippen LogP contribution < -0.4 is 0 Å². The highest BCUT2D eigenvalue weighted by Gasteiger charge is 2.30. The second kappa shape index (κ2) is 5.68. The summed E-state index contributed by atoms with van der Waals surface area (Å²) in [5.74, 6) is 0.716. The second-order valence-electron chi connectivity index (χ2n) is 5.71. The van der Waals surface area contributed by atoms with Crippen molar-refractivity contribution in [3.05, 3.63) is 59.5 Å². The lowest BCUT2D eigenvalue weighted by atomic mass is 10.1. The number of nitrogens with zero attached hydrogens (tertiary/aromatic N) is 3. The first-order valence-corrected chi connectivity index (χ1v) is 7.34. The van der Waals surface area contributed by atoms with Gasteiger partial charge in [-0.25, -0.2) is 9.97 Å². The minimum absolute atomic E-state index is 0.121. The molecule has 0 N–H and O–H groups in total. The number of aromatic nitrogens is 3. The largest absolute Gasteiger partial charge is 0.416 e. The summed E-state index contributed by atoms with van der Waals surface area (Å²) in [6.45, 7) is 4.01. The van der Waals surface area contributed by atoms with Crippen LogP contribution in [0.15, 0.2) is 42.6 Å². The van der Waals surface area contributed by atoms with Gasteiger partial charge in [0, 0.05) is 18.7 Å². The van der Waals surface area contributed by atoms with E-state index in [0.29, 0.717) is 17.8 Å². The molecule has 2 heterocycles. The van der Waals surface area contributed by atoms with Crippen LogP contribution in [0, 0.1) is 0 Å². The maximum atomic E-state index is 12.9. The molecule has 1 aromatic carbocycles. The van der Waals surface area contributed by atoms with Gasteiger partial charge in [-0.3, -0.25) is 0 Å². The van der Waals surface area contributed by atoms with Gasteiger partial charge in [0.2, 0.25) is 0 Å². The average Bonchev–Trinajstić information content (AvgIpc) is 2.84. The van der Waals surface area contributed by atoms with E-state index in [4.69, 9.17) is 0 Å². The molecule has 3 aromatic rings. The predicted octanol–water partition coefficient (Wildman–Crippen LogP) is 4.62. The van der Waals surface area contributed by atoms with Crippen molar-refractivity contribution in [3.8, 4) is 0 Å². The number of fused-ring (bicyclic) bond motifs is 1. The quantitative estimate of drug-likeness (QED) is 0.705. The van der Waals surface area contributed by atoms with E-state index in [1.807, 2.05) is 24.5 Å². The van der Waals surface area contributed by atoms with E-state index in [0.717, 1.165) is 17.2 Å². The maximum Gasteiger partial charge on any atom is 0.416 e. The summed E-state index contributed by atoms with van der Waals surface area (Å²) in [7, 11) is 0. The van der Waals surface area contributed by atoms with Crippen molar-refractivity contribution >= 4 is 11.2 Å². The first kappa shape index (κ1) is 15.5. The summed E-state index contributed by atoms with van der Waals surface area (Å²) in [5.41, 5.74) is 1.45. The number of rotatable bonds is 3. The van der Waals surface area contributed by atoms with Crippen LogP contribution in [0.1, 0.15) is 36.8 Å². The Hall–Kier alpha value is -2.37. The molecule has 0 radical (unpaired) electrons. The van der Waals surface area contributed by atoms with Gasteiger partial charge >= 0.3 is 6.18 Å². The molecular weight excluding hydrogens is 303 g/mol. The number of imidazole rings is 1. The van der Waals surface area contributed by atoms with E-state index < -0.39 is 11.7 Å². The van der Waals surface area contributed by atoms with Crippen molar-refractivity contribution in [2.75, 3.05) is 0 Å². The Morgan fingerprint density at radius 1 is 1.13 bits per heavy atom. The summed E-state index contributed by atoms with van der Waals surface area (Å²) in [5, 5.41) is 0. The minimum atomic E-state index is -4.34. The highest BCUT2D eigenvalue weighted by molar-refractivity contribution is 5.71. The third-order valence-electron chi connectivity index (χ3n) is 3.65. The molecule has 0 spiro atoms.